The first kappa shape index (κ1) is 21.7. The summed E-state index contributed by atoms with van der Waals surface area (Å²) in [4.78, 5) is 22.3. The number of hydrogen-bond acceptors (Lipinski definition) is 7. The molecule has 0 heterocycles. The Kier molecular flexibility index (Phi) is 7.41. The zero-order chi connectivity index (χ0) is 20.7. The standard InChI is InChI=1S/C18H20N2O6S2/c1-3-19(14-8-6-5-7-9-14)28(24,25)15-10-11-17(16(12-15)20(22)23)27-13-18(21)26-4-2/h5-12H,3-4,13H2,1-2H3. The number of ether oxygens (including phenoxy) is 1. The molecule has 0 fully saturated rings. The van der Waals surface area contributed by atoms with E-state index in [4.69, 9.17) is 4.74 Å². The van der Waals surface area contributed by atoms with Crippen molar-refractivity contribution in [2.75, 3.05) is 23.2 Å². The highest BCUT2D eigenvalue weighted by Crippen LogP contribution is 2.33. The molecule has 0 amide bonds. The molecule has 2 aromatic carbocycles. The molecule has 0 saturated heterocycles. The minimum absolute atomic E-state index is 0.105. The molecule has 0 aliphatic rings. The maximum absolute atomic E-state index is 13.0. The molecule has 0 N–H and O–H groups in total. The monoisotopic (exact) mass is 424 g/mol. The number of nitrogens with zero attached hydrogens (tertiary/aromatic N) is 2. The van der Waals surface area contributed by atoms with Crippen LogP contribution in [-0.2, 0) is 19.6 Å². The average Bonchev–Trinajstić information content (AvgIpc) is 2.67. The van der Waals surface area contributed by atoms with Crippen LogP contribution in [-0.4, -0.2) is 38.2 Å². The van der Waals surface area contributed by atoms with Gasteiger partial charge in [0.1, 0.15) is 0 Å². The molecular formula is C18H20N2O6S2. The molecule has 0 saturated carbocycles. The summed E-state index contributed by atoms with van der Waals surface area (Å²) in [7, 11) is -3.99. The summed E-state index contributed by atoms with van der Waals surface area (Å²) in [6.45, 7) is 3.73. The zero-order valence-corrected chi connectivity index (χ0v) is 17.0. The van der Waals surface area contributed by atoms with Gasteiger partial charge in [-0.05, 0) is 38.1 Å². The van der Waals surface area contributed by atoms with Gasteiger partial charge in [0.05, 0.1) is 32.8 Å². The number of carbonyl (C=O) groups is 1. The van der Waals surface area contributed by atoms with Gasteiger partial charge in [-0.2, -0.15) is 0 Å². The third-order valence-corrected chi connectivity index (χ3v) is 6.63. The van der Waals surface area contributed by atoms with Crippen molar-refractivity contribution < 1.29 is 22.9 Å². The van der Waals surface area contributed by atoms with E-state index < -0.39 is 20.9 Å². The Balaban J connectivity index is 2.38. The maximum atomic E-state index is 13.0. The van der Waals surface area contributed by atoms with Gasteiger partial charge in [-0.3, -0.25) is 19.2 Å². The number of sulfonamides is 1. The molecule has 0 aliphatic carbocycles. The second-order valence-corrected chi connectivity index (χ2v) is 8.37. The molecule has 0 atom stereocenters. The largest absolute Gasteiger partial charge is 0.465 e. The van der Waals surface area contributed by atoms with E-state index in [9.17, 15) is 23.3 Å². The average molecular weight is 425 g/mol. The predicted molar refractivity (Wildman–Crippen MR) is 107 cm³/mol. The van der Waals surface area contributed by atoms with Gasteiger partial charge in [0.15, 0.2) is 0 Å². The van der Waals surface area contributed by atoms with Crippen LogP contribution in [0.25, 0.3) is 0 Å². The highest BCUT2D eigenvalue weighted by atomic mass is 32.2. The second-order valence-electron chi connectivity index (χ2n) is 5.49. The molecule has 2 aromatic rings. The van der Waals surface area contributed by atoms with Crippen molar-refractivity contribution in [2.24, 2.45) is 0 Å². The SMILES string of the molecule is CCOC(=O)CSc1ccc(S(=O)(=O)N(CC)c2ccccc2)cc1[N+](=O)[O-]. The summed E-state index contributed by atoms with van der Waals surface area (Å²) < 4.78 is 32.0. The lowest BCUT2D eigenvalue weighted by Crippen LogP contribution is -2.30. The highest BCUT2D eigenvalue weighted by Gasteiger charge is 2.27. The first-order valence-corrected chi connectivity index (χ1v) is 10.9. The molecule has 8 nitrogen and oxygen atoms in total. The predicted octanol–water partition coefficient (Wildman–Crippen LogP) is 3.47. The van der Waals surface area contributed by atoms with E-state index in [2.05, 4.69) is 0 Å². The van der Waals surface area contributed by atoms with Gasteiger partial charge in [0, 0.05) is 12.6 Å². The van der Waals surface area contributed by atoms with Crippen LogP contribution < -0.4 is 4.31 Å². The lowest BCUT2D eigenvalue weighted by molar-refractivity contribution is -0.388. The summed E-state index contributed by atoms with van der Waals surface area (Å²) in [6, 6.07) is 12.2. The minimum Gasteiger partial charge on any atom is -0.465 e. The Bertz CT molecular complexity index is 948. The van der Waals surface area contributed by atoms with E-state index in [1.165, 1.54) is 16.4 Å². The van der Waals surface area contributed by atoms with E-state index in [0.717, 1.165) is 17.8 Å². The fourth-order valence-corrected chi connectivity index (χ4v) is 4.77. The number of benzene rings is 2. The third-order valence-electron chi connectivity index (χ3n) is 3.70. The van der Waals surface area contributed by atoms with Crippen LogP contribution in [0.5, 0.6) is 0 Å². The van der Waals surface area contributed by atoms with E-state index in [-0.39, 0.29) is 34.4 Å². The first-order chi connectivity index (χ1) is 13.3. The summed E-state index contributed by atoms with van der Waals surface area (Å²) in [5.74, 6) is -0.606. The van der Waals surface area contributed by atoms with Crippen molar-refractivity contribution in [1.29, 1.82) is 0 Å². The van der Waals surface area contributed by atoms with Crippen molar-refractivity contribution in [3.63, 3.8) is 0 Å². The molecule has 150 valence electrons. The van der Waals surface area contributed by atoms with Crippen molar-refractivity contribution in [1.82, 2.24) is 0 Å². The van der Waals surface area contributed by atoms with Gasteiger partial charge >= 0.3 is 5.97 Å². The number of anilines is 1. The van der Waals surface area contributed by atoms with E-state index in [1.54, 1.807) is 44.2 Å². The molecule has 0 spiro atoms. The topological polar surface area (TPSA) is 107 Å². The summed E-state index contributed by atoms with van der Waals surface area (Å²) >= 11 is 0.929. The van der Waals surface area contributed by atoms with Gasteiger partial charge in [-0.15, -0.1) is 11.8 Å². The second kappa shape index (κ2) is 9.56. The van der Waals surface area contributed by atoms with Crippen LogP contribution in [0.15, 0.2) is 58.3 Å². The van der Waals surface area contributed by atoms with Crippen LogP contribution in [0, 0.1) is 10.1 Å². The Labute approximate surface area is 167 Å². The summed E-state index contributed by atoms with van der Waals surface area (Å²) in [5, 5.41) is 11.4. The normalized spacial score (nSPS) is 11.1. The van der Waals surface area contributed by atoms with Gasteiger partial charge in [-0.1, -0.05) is 18.2 Å². The molecular weight excluding hydrogens is 404 g/mol. The van der Waals surface area contributed by atoms with Crippen LogP contribution in [0.1, 0.15) is 13.8 Å². The zero-order valence-electron chi connectivity index (χ0n) is 15.4. The summed E-state index contributed by atoms with van der Waals surface area (Å²) in [5.41, 5.74) is 0.0907. The first-order valence-electron chi connectivity index (χ1n) is 8.45. The molecule has 0 aromatic heterocycles. The van der Waals surface area contributed by atoms with E-state index in [0.29, 0.717) is 5.69 Å². The van der Waals surface area contributed by atoms with Gasteiger partial charge in [0.25, 0.3) is 15.7 Å². The minimum atomic E-state index is -3.99. The van der Waals surface area contributed by atoms with Crippen LogP contribution >= 0.6 is 11.8 Å². The molecule has 10 heteroatoms. The quantitative estimate of drug-likeness (QED) is 0.262. The van der Waals surface area contributed by atoms with Crippen LogP contribution in [0.2, 0.25) is 0 Å². The lowest BCUT2D eigenvalue weighted by atomic mass is 10.3. The molecule has 0 radical (unpaired) electrons. The van der Waals surface area contributed by atoms with Crippen LogP contribution in [0.3, 0.4) is 0 Å². The Hall–Kier alpha value is -2.59. The van der Waals surface area contributed by atoms with Crippen molar-refractivity contribution in [3.8, 4) is 0 Å². The maximum Gasteiger partial charge on any atom is 0.316 e. The van der Waals surface area contributed by atoms with Crippen LogP contribution in [0.4, 0.5) is 11.4 Å². The molecule has 28 heavy (non-hydrogen) atoms. The lowest BCUT2D eigenvalue weighted by Gasteiger charge is -2.23. The molecule has 0 aliphatic heterocycles. The number of para-hydroxylation sites is 1. The number of nitro benzene ring substituents is 1. The van der Waals surface area contributed by atoms with Gasteiger partial charge in [0.2, 0.25) is 0 Å². The number of thioether (sulfide) groups is 1. The highest BCUT2D eigenvalue weighted by molar-refractivity contribution is 8.00. The fraction of sp³-hybridized carbons (Fsp3) is 0.278. The summed E-state index contributed by atoms with van der Waals surface area (Å²) in [6.07, 6.45) is 0. The Morgan fingerprint density at radius 3 is 2.43 bits per heavy atom. The third kappa shape index (κ3) is 5.02. The van der Waals surface area contributed by atoms with Gasteiger partial charge in [-0.25, -0.2) is 8.42 Å². The van der Waals surface area contributed by atoms with Crippen molar-refractivity contribution in [3.05, 3.63) is 58.6 Å². The van der Waals surface area contributed by atoms with E-state index >= 15 is 0 Å². The number of carbonyl (C=O) groups excluding carboxylic acids is 1. The van der Waals surface area contributed by atoms with Crippen molar-refractivity contribution >= 4 is 39.1 Å². The molecule has 0 bridgehead atoms. The Morgan fingerprint density at radius 2 is 1.86 bits per heavy atom. The molecule has 2 rings (SSSR count). The van der Waals surface area contributed by atoms with E-state index in [1.807, 2.05) is 0 Å². The number of hydrogen-bond donors (Lipinski definition) is 0. The smallest absolute Gasteiger partial charge is 0.316 e. The molecule has 0 unspecified atom stereocenters. The van der Waals surface area contributed by atoms with Gasteiger partial charge < -0.3 is 4.74 Å². The fourth-order valence-electron chi connectivity index (χ4n) is 2.47. The van der Waals surface area contributed by atoms with Crippen molar-refractivity contribution in [2.45, 2.75) is 23.6 Å². The number of rotatable bonds is 9. The number of esters is 1. The Morgan fingerprint density at radius 1 is 1.18 bits per heavy atom. The number of nitro groups is 1.